The molecular formula is C20H18N2O3. The molecule has 1 amide bonds. The summed E-state index contributed by atoms with van der Waals surface area (Å²) < 4.78 is 0. The molecule has 3 rings (SSSR count). The number of hydrogen-bond acceptors (Lipinski definition) is 3. The van der Waals surface area contributed by atoms with E-state index in [0.29, 0.717) is 24.9 Å². The summed E-state index contributed by atoms with van der Waals surface area (Å²) in [5.74, 6) is -1.26. The maximum absolute atomic E-state index is 12.4. The number of rotatable bonds is 5. The first-order valence-corrected chi connectivity index (χ1v) is 8.08. The first-order valence-electron chi connectivity index (χ1n) is 8.08. The largest absolute Gasteiger partial charge is 0.481 e. The van der Waals surface area contributed by atoms with Gasteiger partial charge in [0.05, 0.1) is 17.9 Å². The molecular weight excluding hydrogens is 316 g/mol. The number of aliphatic carboxylic acids is 1. The molecule has 5 heteroatoms. The molecule has 5 nitrogen and oxygen atoms in total. The third kappa shape index (κ3) is 3.53. The number of fused-ring (bicyclic) bond motifs is 1. The van der Waals surface area contributed by atoms with Crippen LogP contribution in [0.1, 0.15) is 23.1 Å². The Bertz CT molecular complexity index is 825. The van der Waals surface area contributed by atoms with Gasteiger partial charge in [0.25, 0.3) is 0 Å². The summed E-state index contributed by atoms with van der Waals surface area (Å²) >= 11 is 0. The van der Waals surface area contributed by atoms with E-state index in [2.05, 4.69) is 11.4 Å². The maximum atomic E-state index is 12.4. The predicted octanol–water partition coefficient (Wildman–Crippen LogP) is 2.95. The number of amides is 1. The Kier molecular flexibility index (Phi) is 4.53. The molecule has 0 spiro atoms. The quantitative estimate of drug-likeness (QED) is 0.879. The van der Waals surface area contributed by atoms with Crippen molar-refractivity contribution < 1.29 is 14.7 Å². The number of hydrogen-bond donors (Lipinski definition) is 2. The molecule has 2 aromatic carbocycles. The summed E-state index contributed by atoms with van der Waals surface area (Å²) in [7, 11) is 0. The molecule has 0 saturated carbocycles. The van der Waals surface area contributed by atoms with E-state index in [0.717, 1.165) is 16.7 Å². The average Bonchev–Trinajstić information content (AvgIpc) is 2.96. The van der Waals surface area contributed by atoms with E-state index in [-0.39, 0.29) is 12.3 Å². The van der Waals surface area contributed by atoms with Gasteiger partial charge in [-0.25, -0.2) is 0 Å². The summed E-state index contributed by atoms with van der Waals surface area (Å²) in [6.07, 6.45) is 0.978. The van der Waals surface area contributed by atoms with E-state index >= 15 is 0 Å². The lowest BCUT2D eigenvalue weighted by molar-refractivity contribution is -0.150. The van der Waals surface area contributed by atoms with Crippen LogP contribution in [0.2, 0.25) is 0 Å². The van der Waals surface area contributed by atoms with Crippen LogP contribution in [-0.2, 0) is 28.9 Å². The Balaban J connectivity index is 1.70. The number of benzene rings is 2. The highest BCUT2D eigenvalue weighted by molar-refractivity contribution is 5.94. The van der Waals surface area contributed by atoms with Gasteiger partial charge in [0.2, 0.25) is 5.91 Å². The molecule has 0 bridgehead atoms. The van der Waals surface area contributed by atoms with Crippen molar-refractivity contribution in [2.75, 3.05) is 5.32 Å². The second-order valence-electron chi connectivity index (χ2n) is 6.46. The van der Waals surface area contributed by atoms with Crippen molar-refractivity contribution >= 4 is 17.6 Å². The Morgan fingerprint density at radius 3 is 2.20 bits per heavy atom. The zero-order valence-electron chi connectivity index (χ0n) is 13.7. The lowest BCUT2D eigenvalue weighted by atomic mass is 9.81. The molecule has 126 valence electrons. The topological polar surface area (TPSA) is 90.2 Å². The Morgan fingerprint density at radius 1 is 1.08 bits per heavy atom. The van der Waals surface area contributed by atoms with Crippen molar-refractivity contribution in [3.05, 3.63) is 65.2 Å². The molecule has 0 aliphatic heterocycles. The number of carbonyl (C=O) groups is 2. The smallest absolute Gasteiger partial charge is 0.310 e. The van der Waals surface area contributed by atoms with Gasteiger partial charge >= 0.3 is 5.97 Å². The molecule has 25 heavy (non-hydrogen) atoms. The van der Waals surface area contributed by atoms with Crippen LogP contribution in [-0.4, -0.2) is 17.0 Å². The van der Waals surface area contributed by atoms with Gasteiger partial charge in [0.1, 0.15) is 0 Å². The first-order chi connectivity index (χ1) is 12.0. The number of nitriles is 1. The minimum absolute atomic E-state index is 0.0725. The zero-order valence-corrected chi connectivity index (χ0v) is 13.7. The van der Waals surface area contributed by atoms with Crippen molar-refractivity contribution in [1.29, 1.82) is 5.26 Å². The van der Waals surface area contributed by atoms with E-state index in [9.17, 15) is 14.7 Å². The van der Waals surface area contributed by atoms with Crippen molar-refractivity contribution in [3.63, 3.8) is 0 Å². The van der Waals surface area contributed by atoms with Crippen molar-refractivity contribution in [3.8, 4) is 6.07 Å². The molecule has 0 atom stereocenters. The lowest BCUT2D eigenvalue weighted by Crippen LogP contribution is -2.36. The number of carbonyl (C=O) groups excluding carboxylic acids is 1. The van der Waals surface area contributed by atoms with Crippen LogP contribution < -0.4 is 5.32 Å². The minimum atomic E-state index is -1.09. The normalized spacial score (nSPS) is 14.4. The van der Waals surface area contributed by atoms with Crippen LogP contribution in [0.5, 0.6) is 0 Å². The van der Waals surface area contributed by atoms with Crippen molar-refractivity contribution in [2.45, 2.75) is 25.7 Å². The standard InChI is InChI=1S/C20H18N2O3/c21-10-9-14-5-7-17(8-6-14)22-18(23)13-20(19(24)25)11-15-3-1-2-4-16(15)12-20/h1-8H,9,11-13H2,(H,22,23)(H,24,25). The fourth-order valence-corrected chi connectivity index (χ4v) is 3.36. The highest BCUT2D eigenvalue weighted by Crippen LogP contribution is 2.40. The third-order valence-electron chi connectivity index (χ3n) is 4.65. The van der Waals surface area contributed by atoms with Crippen molar-refractivity contribution in [1.82, 2.24) is 0 Å². The minimum Gasteiger partial charge on any atom is -0.481 e. The van der Waals surface area contributed by atoms with Gasteiger partial charge in [-0.15, -0.1) is 0 Å². The zero-order chi connectivity index (χ0) is 17.9. The van der Waals surface area contributed by atoms with E-state index in [1.807, 2.05) is 24.3 Å². The molecule has 2 N–H and O–H groups in total. The first kappa shape index (κ1) is 16.7. The second kappa shape index (κ2) is 6.78. The van der Waals surface area contributed by atoms with Crippen LogP contribution in [0.4, 0.5) is 5.69 Å². The van der Waals surface area contributed by atoms with E-state index in [1.54, 1.807) is 24.3 Å². The van der Waals surface area contributed by atoms with Crippen LogP contribution >= 0.6 is 0 Å². The highest BCUT2D eigenvalue weighted by Gasteiger charge is 2.45. The summed E-state index contributed by atoms with van der Waals surface area (Å²) in [6, 6.07) is 16.7. The summed E-state index contributed by atoms with van der Waals surface area (Å²) in [5.41, 5.74) is 2.38. The fourth-order valence-electron chi connectivity index (χ4n) is 3.36. The molecule has 2 aromatic rings. The second-order valence-corrected chi connectivity index (χ2v) is 6.46. The molecule has 0 aromatic heterocycles. The Hall–Kier alpha value is -3.13. The number of carboxylic acid groups (broad SMARTS) is 1. The predicted molar refractivity (Wildman–Crippen MR) is 92.9 cm³/mol. The fraction of sp³-hybridized carbons (Fsp3) is 0.250. The van der Waals surface area contributed by atoms with Gasteiger partial charge in [-0.3, -0.25) is 9.59 Å². The van der Waals surface area contributed by atoms with Gasteiger partial charge < -0.3 is 10.4 Å². The molecule has 0 fully saturated rings. The van der Waals surface area contributed by atoms with E-state index < -0.39 is 11.4 Å². The number of anilines is 1. The van der Waals surface area contributed by atoms with E-state index in [1.165, 1.54) is 0 Å². The van der Waals surface area contributed by atoms with E-state index in [4.69, 9.17) is 5.26 Å². The number of nitrogens with zero attached hydrogens (tertiary/aromatic N) is 1. The molecule has 0 radical (unpaired) electrons. The third-order valence-corrected chi connectivity index (χ3v) is 4.65. The maximum Gasteiger partial charge on any atom is 0.310 e. The van der Waals surface area contributed by atoms with Gasteiger partial charge in [0.15, 0.2) is 0 Å². The van der Waals surface area contributed by atoms with Crippen LogP contribution in [0.3, 0.4) is 0 Å². The number of nitrogens with one attached hydrogen (secondary N) is 1. The highest BCUT2D eigenvalue weighted by atomic mass is 16.4. The van der Waals surface area contributed by atoms with Gasteiger partial charge in [-0.05, 0) is 41.7 Å². The number of carboxylic acids is 1. The van der Waals surface area contributed by atoms with Gasteiger partial charge in [-0.1, -0.05) is 36.4 Å². The van der Waals surface area contributed by atoms with Gasteiger partial charge in [-0.2, -0.15) is 5.26 Å². The van der Waals surface area contributed by atoms with Crippen LogP contribution in [0, 0.1) is 16.7 Å². The van der Waals surface area contributed by atoms with Crippen LogP contribution in [0.15, 0.2) is 48.5 Å². The monoisotopic (exact) mass is 334 g/mol. The molecule has 0 unspecified atom stereocenters. The molecule has 0 heterocycles. The molecule has 1 aliphatic carbocycles. The van der Waals surface area contributed by atoms with Gasteiger partial charge in [0, 0.05) is 12.1 Å². The molecule has 1 aliphatic rings. The SMILES string of the molecule is N#CCc1ccc(NC(=O)CC2(C(=O)O)Cc3ccccc3C2)cc1. The van der Waals surface area contributed by atoms with Crippen LogP contribution in [0.25, 0.3) is 0 Å². The lowest BCUT2D eigenvalue weighted by Gasteiger charge is -2.23. The molecule has 0 saturated heterocycles. The Labute approximate surface area is 145 Å². The van der Waals surface area contributed by atoms with Crippen molar-refractivity contribution in [2.24, 2.45) is 5.41 Å². The Morgan fingerprint density at radius 2 is 1.68 bits per heavy atom. The summed E-state index contributed by atoms with van der Waals surface area (Å²) in [4.78, 5) is 24.3. The summed E-state index contributed by atoms with van der Waals surface area (Å²) in [6.45, 7) is 0. The summed E-state index contributed by atoms with van der Waals surface area (Å²) in [5, 5.41) is 21.2. The average molecular weight is 334 g/mol.